The van der Waals surface area contributed by atoms with Crippen LogP contribution in [0.3, 0.4) is 0 Å². The third-order valence-corrected chi connectivity index (χ3v) is 7.37. The van der Waals surface area contributed by atoms with Gasteiger partial charge in [-0.05, 0) is 31.2 Å². The number of nitrogens with zero attached hydrogens (tertiary/aromatic N) is 2. The van der Waals surface area contributed by atoms with Gasteiger partial charge in [0.15, 0.2) is 11.2 Å². The summed E-state index contributed by atoms with van der Waals surface area (Å²) in [5, 5.41) is 6.20. The summed E-state index contributed by atoms with van der Waals surface area (Å²) >= 11 is 9.00. The lowest BCUT2D eigenvalue weighted by atomic mass is 10.1. The average Bonchev–Trinajstić information content (AvgIpc) is 3.51. The third kappa shape index (κ3) is 4.95. The van der Waals surface area contributed by atoms with Crippen LogP contribution in [0.25, 0.3) is 32.0 Å². The van der Waals surface area contributed by atoms with E-state index in [1.807, 2.05) is 60.0 Å². The lowest BCUT2D eigenvalue weighted by Crippen LogP contribution is -2.30. The second-order valence-electron chi connectivity index (χ2n) is 7.59. The summed E-state index contributed by atoms with van der Waals surface area (Å²) in [5.74, 6) is -1.07. The molecule has 0 spiro atoms. The Balaban J connectivity index is 1.29. The molecule has 0 aliphatic rings. The minimum absolute atomic E-state index is 0.349. The third-order valence-electron chi connectivity index (χ3n) is 5.21. The molecule has 1 amide bonds. The highest BCUT2D eigenvalue weighted by molar-refractivity contribution is 7.21. The maximum absolute atomic E-state index is 13.0. The zero-order chi connectivity index (χ0) is 24.4. The van der Waals surface area contributed by atoms with E-state index in [0.29, 0.717) is 32.0 Å². The number of thiazole rings is 2. The van der Waals surface area contributed by atoms with Gasteiger partial charge in [0.05, 0.1) is 21.5 Å². The molecule has 2 heterocycles. The molecule has 6 nitrogen and oxygen atoms in total. The number of rotatable bonds is 6. The minimum Gasteiger partial charge on any atom is -0.449 e. The van der Waals surface area contributed by atoms with Crippen molar-refractivity contribution >= 4 is 61.5 Å². The Labute approximate surface area is 214 Å². The molecule has 1 unspecified atom stereocenters. The van der Waals surface area contributed by atoms with Crippen molar-refractivity contribution in [1.82, 2.24) is 9.97 Å². The van der Waals surface area contributed by atoms with Gasteiger partial charge in [0.2, 0.25) is 0 Å². The molecule has 2 aromatic heterocycles. The van der Waals surface area contributed by atoms with Crippen LogP contribution >= 0.6 is 34.3 Å². The Morgan fingerprint density at radius 2 is 1.66 bits per heavy atom. The number of esters is 1. The van der Waals surface area contributed by atoms with Crippen LogP contribution in [-0.2, 0) is 9.53 Å². The lowest BCUT2D eigenvalue weighted by molar-refractivity contribution is -0.123. The second kappa shape index (κ2) is 9.95. The first kappa shape index (κ1) is 23.2. The number of benzene rings is 3. The van der Waals surface area contributed by atoms with Crippen LogP contribution in [0, 0.1) is 0 Å². The van der Waals surface area contributed by atoms with Crippen molar-refractivity contribution in [3.63, 3.8) is 0 Å². The van der Waals surface area contributed by atoms with Gasteiger partial charge in [-0.2, -0.15) is 0 Å². The van der Waals surface area contributed by atoms with Crippen molar-refractivity contribution in [2.45, 2.75) is 13.0 Å². The zero-order valence-electron chi connectivity index (χ0n) is 18.4. The topological polar surface area (TPSA) is 81.2 Å². The first-order valence-electron chi connectivity index (χ1n) is 10.7. The molecule has 0 saturated carbocycles. The predicted molar refractivity (Wildman–Crippen MR) is 141 cm³/mol. The Hall–Kier alpha value is -3.59. The van der Waals surface area contributed by atoms with E-state index in [-0.39, 0.29) is 0 Å². The van der Waals surface area contributed by atoms with E-state index in [0.717, 1.165) is 15.8 Å². The summed E-state index contributed by atoms with van der Waals surface area (Å²) < 4.78 is 6.52. The van der Waals surface area contributed by atoms with Crippen LogP contribution in [0.1, 0.15) is 17.3 Å². The second-order valence-corrected chi connectivity index (χ2v) is 9.88. The Bertz CT molecular complexity index is 1510. The van der Waals surface area contributed by atoms with Gasteiger partial charge < -0.3 is 4.74 Å². The number of halogens is 1. The summed E-state index contributed by atoms with van der Waals surface area (Å²) in [6.45, 7) is 1.52. The number of para-hydroxylation sites is 1. The number of carbonyl (C=O) groups is 2. The number of aromatic nitrogens is 2. The van der Waals surface area contributed by atoms with Crippen molar-refractivity contribution < 1.29 is 14.3 Å². The van der Waals surface area contributed by atoms with Gasteiger partial charge in [0, 0.05) is 21.5 Å². The molecule has 35 heavy (non-hydrogen) atoms. The Morgan fingerprint density at radius 1 is 0.943 bits per heavy atom. The van der Waals surface area contributed by atoms with Crippen LogP contribution in [0.5, 0.6) is 0 Å². The number of carbonyl (C=O) groups excluding carboxylic acids is 2. The van der Waals surface area contributed by atoms with Gasteiger partial charge in [-0.15, -0.1) is 22.7 Å². The van der Waals surface area contributed by atoms with E-state index in [1.165, 1.54) is 29.6 Å². The standard InChI is InChI=1S/C26H18ClN3O3S2/c1-15(23(31)30-26-29-21(14-34-26)18-10-4-5-11-19(18)27)33-25(32)17-9-3-2-8-16(17)24-28-20-12-6-7-13-22(20)35-24/h2-15H,1H3,(H,29,30,31). The highest BCUT2D eigenvalue weighted by Crippen LogP contribution is 2.33. The lowest BCUT2D eigenvalue weighted by Gasteiger charge is -2.13. The number of nitrogens with one attached hydrogen (secondary N) is 1. The number of fused-ring (bicyclic) bond motifs is 1. The molecule has 174 valence electrons. The highest BCUT2D eigenvalue weighted by Gasteiger charge is 2.23. The molecule has 3 aromatic carbocycles. The molecule has 0 saturated heterocycles. The summed E-state index contributed by atoms with van der Waals surface area (Å²) in [6, 6.07) is 22.2. The maximum atomic E-state index is 13.0. The highest BCUT2D eigenvalue weighted by atomic mass is 35.5. The van der Waals surface area contributed by atoms with Crippen molar-refractivity contribution in [3.8, 4) is 21.8 Å². The number of hydrogen-bond acceptors (Lipinski definition) is 7. The molecule has 5 rings (SSSR count). The monoisotopic (exact) mass is 519 g/mol. The van der Waals surface area contributed by atoms with Crippen LogP contribution in [0.15, 0.2) is 78.2 Å². The van der Waals surface area contributed by atoms with Crippen molar-refractivity contribution in [3.05, 3.63) is 88.8 Å². The normalized spacial score (nSPS) is 11.8. The smallest absolute Gasteiger partial charge is 0.339 e. The molecule has 0 bridgehead atoms. The summed E-state index contributed by atoms with van der Waals surface area (Å²) in [5.41, 5.74) is 3.31. The van der Waals surface area contributed by atoms with E-state index in [4.69, 9.17) is 16.3 Å². The summed E-state index contributed by atoms with van der Waals surface area (Å²) in [7, 11) is 0. The molecular formula is C26H18ClN3O3S2. The average molecular weight is 520 g/mol. The maximum Gasteiger partial charge on any atom is 0.339 e. The summed E-state index contributed by atoms with van der Waals surface area (Å²) in [4.78, 5) is 34.8. The summed E-state index contributed by atoms with van der Waals surface area (Å²) in [6.07, 6.45) is -1.03. The molecule has 5 aromatic rings. The molecule has 0 aliphatic carbocycles. The first-order chi connectivity index (χ1) is 17.0. The van der Waals surface area contributed by atoms with Crippen LogP contribution in [-0.4, -0.2) is 27.9 Å². The fourth-order valence-electron chi connectivity index (χ4n) is 3.44. The van der Waals surface area contributed by atoms with E-state index < -0.39 is 18.0 Å². The van der Waals surface area contributed by atoms with Crippen molar-refractivity contribution in [2.24, 2.45) is 0 Å². The van der Waals surface area contributed by atoms with Crippen LogP contribution < -0.4 is 5.32 Å². The molecule has 9 heteroatoms. The van der Waals surface area contributed by atoms with Gasteiger partial charge in [-0.25, -0.2) is 14.8 Å². The van der Waals surface area contributed by atoms with E-state index >= 15 is 0 Å². The van der Waals surface area contributed by atoms with E-state index in [9.17, 15) is 9.59 Å². The van der Waals surface area contributed by atoms with Crippen LogP contribution in [0.4, 0.5) is 5.13 Å². The zero-order valence-corrected chi connectivity index (χ0v) is 20.8. The quantitative estimate of drug-likeness (QED) is 0.246. The molecule has 0 radical (unpaired) electrons. The number of hydrogen-bond donors (Lipinski definition) is 1. The SMILES string of the molecule is CC(OC(=O)c1ccccc1-c1nc2ccccc2s1)C(=O)Nc1nc(-c2ccccc2Cl)cs1. The first-order valence-corrected chi connectivity index (χ1v) is 12.7. The number of anilines is 1. The van der Waals surface area contributed by atoms with Crippen molar-refractivity contribution in [2.75, 3.05) is 5.32 Å². The fourth-order valence-corrected chi connectivity index (χ4v) is 5.39. The van der Waals surface area contributed by atoms with Gasteiger partial charge in [-0.3, -0.25) is 10.1 Å². The van der Waals surface area contributed by atoms with E-state index in [1.54, 1.807) is 18.2 Å². The van der Waals surface area contributed by atoms with Crippen molar-refractivity contribution in [1.29, 1.82) is 0 Å². The number of amides is 1. The molecule has 1 N–H and O–H groups in total. The molecule has 0 fully saturated rings. The number of ether oxygens (including phenoxy) is 1. The molecule has 1 atom stereocenters. The molecule has 0 aliphatic heterocycles. The largest absolute Gasteiger partial charge is 0.449 e. The van der Waals surface area contributed by atoms with Gasteiger partial charge in [-0.1, -0.05) is 60.1 Å². The Morgan fingerprint density at radius 3 is 2.46 bits per heavy atom. The van der Waals surface area contributed by atoms with Gasteiger partial charge in [0.1, 0.15) is 5.01 Å². The minimum atomic E-state index is -1.03. The predicted octanol–water partition coefficient (Wildman–Crippen LogP) is 6.92. The Kier molecular flexibility index (Phi) is 6.59. The van der Waals surface area contributed by atoms with Crippen LogP contribution in [0.2, 0.25) is 5.02 Å². The fraction of sp³-hybridized carbons (Fsp3) is 0.0769. The van der Waals surface area contributed by atoms with E-state index in [2.05, 4.69) is 15.3 Å². The molecular weight excluding hydrogens is 502 g/mol. The van der Waals surface area contributed by atoms with Gasteiger partial charge >= 0.3 is 5.97 Å². The van der Waals surface area contributed by atoms with Gasteiger partial charge in [0.25, 0.3) is 5.91 Å².